The number of aliphatic carboxylic acids is 1. The Balaban J connectivity index is 2.00. The lowest BCUT2D eigenvalue weighted by atomic mass is 10.1. The van der Waals surface area contributed by atoms with Crippen LogP contribution in [0.25, 0.3) is 0 Å². The summed E-state index contributed by atoms with van der Waals surface area (Å²) in [6, 6.07) is 9.93. The zero-order chi connectivity index (χ0) is 12.1. The fourth-order valence-corrected chi connectivity index (χ4v) is 1.55. The highest BCUT2D eigenvalue weighted by molar-refractivity contribution is 5.66. The van der Waals surface area contributed by atoms with E-state index in [1.54, 1.807) is 0 Å². The molecule has 0 aliphatic rings. The van der Waals surface area contributed by atoms with Crippen LogP contribution in [-0.4, -0.2) is 31.3 Å². The van der Waals surface area contributed by atoms with Crippen LogP contribution < -0.4 is 0 Å². The van der Waals surface area contributed by atoms with E-state index in [1.165, 1.54) is 10.2 Å². The minimum absolute atomic E-state index is 0.197. The van der Waals surface area contributed by atoms with Gasteiger partial charge in [-0.05, 0) is 22.4 Å². The van der Waals surface area contributed by atoms with E-state index in [9.17, 15) is 4.79 Å². The zero-order valence-electron chi connectivity index (χ0n) is 9.15. The van der Waals surface area contributed by atoms with E-state index in [4.69, 9.17) is 5.11 Å². The Kier molecular flexibility index (Phi) is 3.44. The molecule has 1 aromatic carbocycles. The summed E-state index contributed by atoms with van der Waals surface area (Å²) in [6.45, 7) is -0.197. The highest BCUT2D eigenvalue weighted by Crippen LogP contribution is 2.04. The smallest absolute Gasteiger partial charge is 0.325 e. The summed E-state index contributed by atoms with van der Waals surface area (Å²) in [5, 5.41) is 19.6. The second-order valence-corrected chi connectivity index (χ2v) is 3.63. The Labute approximate surface area is 97.9 Å². The first-order valence-electron chi connectivity index (χ1n) is 5.26. The topological polar surface area (TPSA) is 80.9 Å². The molecule has 2 rings (SSSR count). The molecule has 1 aromatic heterocycles. The van der Waals surface area contributed by atoms with Crippen LogP contribution in [0.3, 0.4) is 0 Å². The minimum atomic E-state index is -0.946. The van der Waals surface area contributed by atoms with Gasteiger partial charge in [-0.15, -0.1) is 5.10 Å². The highest BCUT2D eigenvalue weighted by atomic mass is 16.4. The number of carboxylic acid groups (broad SMARTS) is 1. The van der Waals surface area contributed by atoms with Crippen LogP contribution in [0.1, 0.15) is 11.4 Å². The summed E-state index contributed by atoms with van der Waals surface area (Å²) in [5.41, 5.74) is 1.18. The monoisotopic (exact) mass is 232 g/mol. The maximum absolute atomic E-state index is 10.6. The van der Waals surface area contributed by atoms with Gasteiger partial charge < -0.3 is 5.11 Å². The van der Waals surface area contributed by atoms with E-state index in [2.05, 4.69) is 15.5 Å². The van der Waals surface area contributed by atoms with Crippen LogP contribution in [0.5, 0.6) is 0 Å². The molecule has 0 fully saturated rings. The third-order valence-electron chi connectivity index (χ3n) is 2.37. The summed E-state index contributed by atoms with van der Waals surface area (Å²) < 4.78 is 1.31. The Morgan fingerprint density at radius 3 is 2.71 bits per heavy atom. The van der Waals surface area contributed by atoms with Gasteiger partial charge in [0.1, 0.15) is 6.54 Å². The lowest BCUT2D eigenvalue weighted by molar-refractivity contribution is -0.138. The molecule has 1 heterocycles. The molecule has 0 saturated heterocycles. The summed E-state index contributed by atoms with van der Waals surface area (Å²) in [5.74, 6) is -0.352. The molecule has 0 spiro atoms. The minimum Gasteiger partial charge on any atom is -0.480 e. The largest absolute Gasteiger partial charge is 0.480 e. The average molecular weight is 232 g/mol. The molecule has 0 amide bonds. The molecule has 0 bridgehead atoms. The van der Waals surface area contributed by atoms with Crippen molar-refractivity contribution in [3.63, 3.8) is 0 Å². The van der Waals surface area contributed by atoms with Gasteiger partial charge in [0.2, 0.25) is 0 Å². The second-order valence-electron chi connectivity index (χ2n) is 3.63. The third kappa shape index (κ3) is 3.10. The summed E-state index contributed by atoms with van der Waals surface area (Å²) in [6.07, 6.45) is 1.42. The number of benzene rings is 1. The Morgan fingerprint density at radius 1 is 1.24 bits per heavy atom. The molecule has 0 radical (unpaired) electrons. The van der Waals surface area contributed by atoms with Crippen LogP contribution >= 0.6 is 0 Å². The van der Waals surface area contributed by atoms with Gasteiger partial charge >= 0.3 is 5.97 Å². The number of nitrogens with zero attached hydrogens (tertiary/aromatic N) is 4. The van der Waals surface area contributed by atoms with Gasteiger partial charge in [-0.2, -0.15) is 0 Å². The fourth-order valence-electron chi connectivity index (χ4n) is 1.55. The first kappa shape index (κ1) is 11.3. The Morgan fingerprint density at radius 2 is 2.00 bits per heavy atom. The molecule has 88 valence electrons. The van der Waals surface area contributed by atoms with Crippen molar-refractivity contribution in [2.75, 3.05) is 0 Å². The molecule has 0 aliphatic heterocycles. The number of carboxylic acids is 1. The van der Waals surface area contributed by atoms with Crippen LogP contribution in [-0.2, 0) is 24.2 Å². The predicted octanol–water partition coefficient (Wildman–Crippen LogP) is 0.543. The van der Waals surface area contributed by atoms with E-state index in [1.807, 2.05) is 30.3 Å². The normalized spacial score (nSPS) is 10.4. The number of aryl methyl sites for hydroxylation is 2. The van der Waals surface area contributed by atoms with Crippen molar-refractivity contribution in [1.82, 2.24) is 20.2 Å². The molecule has 6 nitrogen and oxygen atoms in total. The quantitative estimate of drug-likeness (QED) is 0.813. The molecule has 2 aromatic rings. The van der Waals surface area contributed by atoms with Gasteiger partial charge in [0.25, 0.3) is 0 Å². The summed E-state index contributed by atoms with van der Waals surface area (Å²) in [7, 11) is 0. The van der Waals surface area contributed by atoms with Crippen molar-refractivity contribution < 1.29 is 9.90 Å². The first-order chi connectivity index (χ1) is 8.25. The zero-order valence-corrected chi connectivity index (χ0v) is 9.15. The van der Waals surface area contributed by atoms with Crippen molar-refractivity contribution in [3.05, 3.63) is 41.7 Å². The fraction of sp³-hybridized carbons (Fsp3) is 0.273. The second kappa shape index (κ2) is 5.20. The van der Waals surface area contributed by atoms with Crippen molar-refractivity contribution in [1.29, 1.82) is 0 Å². The van der Waals surface area contributed by atoms with Crippen molar-refractivity contribution in [2.24, 2.45) is 0 Å². The van der Waals surface area contributed by atoms with Gasteiger partial charge in [0.05, 0.1) is 0 Å². The highest BCUT2D eigenvalue weighted by Gasteiger charge is 2.09. The molecule has 0 atom stereocenters. The summed E-state index contributed by atoms with van der Waals surface area (Å²) in [4.78, 5) is 10.6. The number of aromatic nitrogens is 4. The molecule has 0 aliphatic carbocycles. The van der Waals surface area contributed by atoms with Crippen molar-refractivity contribution >= 4 is 5.97 Å². The van der Waals surface area contributed by atoms with Gasteiger partial charge in [-0.3, -0.25) is 4.79 Å². The lowest BCUT2D eigenvalue weighted by Gasteiger charge is -2.01. The van der Waals surface area contributed by atoms with Gasteiger partial charge in [-0.25, -0.2) is 4.68 Å². The molecular weight excluding hydrogens is 220 g/mol. The maximum atomic E-state index is 10.6. The number of tetrazole rings is 1. The maximum Gasteiger partial charge on any atom is 0.325 e. The first-order valence-corrected chi connectivity index (χ1v) is 5.26. The van der Waals surface area contributed by atoms with E-state index >= 15 is 0 Å². The van der Waals surface area contributed by atoms with Gasteiger partial charge in [-0.1, -0.05) is 30.3 Å². The average Bonchev–Trinajstić information content (AvgIpc) is 2.74. The van der Waals surface area contributed by atoms with Crippen molar-refractivity contribution in [2.45, 2.75) is 19.4 Å². The number of hydrogen-bond acceptors (Lipinski definition) is 4. The summed E-state index contributed by atoms with van der Waals surface area (Å²) >= 11 is 0. The van der Waals surface area contributed by atoms with E-state index in [0.717, 1.165) is 6.42 Å². The molecule has 1 N–H and O–H groups in total. The Hall–Kier alpha value is -2.24. The van der Waals surface area contributed by atoms with Crippen LogP contribution in [0.2, 0.25) is 0 Å². The number of rotatable bonds is 5. The molecule has 0 saturated carbocycles. The molecule has 6 heteroatoms. The van der Waals surface area contributed by atoms with Crippen LogP contribution in [0.15, 0.2) is 30.3 Å². The SMILES string of the molecule is O=C(O)Cn1nnnc1CCc1ccccc1. The van der Waals surface area contributed by atoms with E-state index < -0.39 is 5.97 Å². The van der Waals surface area contributed by atoms with Crippen molar-refractivity contribution in [3.8, 4) is 0 Å². The van der Waals surface area contributed by atoms with Crippen LogP contribution in [0.4, 0.5) is 0 Å². The van der Waals surface area contributed by atoms with Gasteiger partial charge in [0.15, 0.2) is 5.82 Å². The number of carbonyl (C=O) groups is 1. The van der Waals surface area contributed by atoms with Crippen LogP contribution in [0, 0.1) is 0 Å². The number of hydrogen-bond donors (Lipinski definition) is 1. The molecule has 17 heavy (non-hydrogen) atoms. The predicted molar refractivity (Wildman–Crippen MR) is 59.3 cm³/mol. The van der Waals surface area contributed by atoms with E-state index in [0.29, 0.717) is 12.2 Å². The Bertz CT molecular complexity index is 495. The van der Waals surface area contributed by atoms with E-state index in [-0.39, 0.29) is 6.54 Å². The van der Waals surface area contributed by atoms with Gasteiger partial charge in [0, 0.05) is 6.42 Å². The lowest BCUT2D eigenvalue weighted by Crippen LogP contribution is -2.14. The standard InChI is InChI=1S/C11H12N4O2/c16-11(17)8-15-10(12-13-14-15)7-6-9-4-2-1-3-5-9/h1-5H,6-8H2,(H,16,17). The molecular formula is C11H12N4O2. The third-order valence-corrected chi connectivity index (χ3v) is 2.37. The molecule has 0 unspecified atom stereocenters.